The van der Waals surface area contributed by atoms with Crippen LogP contribution in [0.3, 0.4) is 0 Å². The number of carbonyl (C=O) groups excluding carboxylic acids is 1. The number of imidazole rings is 1. The molecule has 2 aliphatic rings. The zero-order valence-corrected chi connectivity index (χ0v) is 28.0. The second-order valence-corrected chi connectivity index (χ2v) is 15.2. The van der Waals surface area contributed by atoms with Crippen LogP contribution in [0.2, 0.25) is 0 Å². The monoisotopic (exact) mass is 686 g/mol. The predicted octanol–water partition coefficient (Wildman–Crippen LogP) is 3.75. The summed E-state index contributed by atoms with van der Waals surface area (Å²) >= 11 is 5.98. The first-order chi connectivity index (χ1) is 22.5. The third-order valence-electron chi connectivity index (χ3n) is 8.52. The van der Waals surface area contributed by atoms with Crippen molar-refractivity contribution in [2.24, 2.45) is 0 Å². The lowest BCUT2D eigenvalue weighted by Gasteiger charge is -2.29. The van der Waals surface area contributed by atoms with Crippen molar-refractivity contribution in [3.63, 3.8) is 0 Å². The van der Waals surface area contributed by atoms with Gasteiger partial charge in [-0.25, -0.2) is 10.1 Å². The number of nitrogens with one attached hydrogen (secondary N) is 1. The van der Waals surface area contributed by atoms with Crippen LogP contribution in [-0.2, 0) is 30.6 Å². The van der Waals surface area contributed by atoms with E-state index < -0.39 is 42.7 Å². The van der Waals surface area contributed by atoms with E-state index in [9.17, 15) is 15.0 Å². The number of methoxy groups -OCH3 is 1. The first-order valence-corrected chi connectivity index (χ1v) is 18.1. The van der Waals surface area contributed by atoms with E-state index in [4.69, 9.17) is 40.8 Å². The van der Waals surface area contributed by atoms with Gasteiger partial charge in [-0.15, -0.1) is 0 Å². The summed E-state index contributed by atoms with van der Waals surface area (Å²) in [6, 6.07) is 12.3. The minimum absolute atomic E-state index is 0.0670. The van der Waals surface area contributed by atoms with Crippen molar-refractivity contribution in [2.75, 3.05) is 19.5 Å². The van der Waals surface area contributed by atoms with E-state index in [1.165, 1.54) is 24.9 Å². The molecule has 0 amide bonds. The lowest BCUT2D eigenvalue weighted by molar-refractivity contribution is -0.152. The minimum atomic E-state index is -3.53. The van der Waals surface area contributed by atoms with Gasteiger partial charge >= 0.3 is 12.6 Å². The third-order valence-corrected chi connectivity index (χ3v) is 11.0. The van der Waals surface area contributed by atoms with Gasteiger partial charge in [-0.3, -0.25) is 9.36 Å². The highest BCUT2D eigenvalue weighted by Crippen LogP contribution is 2.49. The number of hydrogen-bond acceptors (Lipinski definition) is 13. The van der Waals surface area contributed by atoms with Crippen LogP contribution in [-0.4, -0.2) is 79.4 Å². The Morgan fingerprint density at radius 3 is 2.72 bits per heavy atom. The number of aliphatic hydroxyl groups excluding tert-OH is 1. The van der Waals surface area contributed by atoms with Gasteiger partial charge in [0.25, 0.3) is 0 Å². The van der Waals surface area contributed by atoms with Crippen LogP contribution in [0.4, 0.5) is 5.95 Å². The SMILES string of the molecule is COc1nc(N)nc2c1ncn2[C@@H]1O[C@H](COP(=S)(NC(C)C(=O)OC2CCCCC2)Oc2cccc3ccccc23)[C@@H](O)[C@@]1(C)O. The van der Waals surface area contributed by atoms with Crippen LogP contribution in [0.25, 0.3) is 21.9 Å². The van der Waals surface area contributed by atoms with Crippen LogP contribution >= 0.6 is 6.64 Å². The molecule has 1 saturated carbocycles. The zero-order chi connectivity index (χ0) is 33.3. The number of fused-ring (bicyclic) bond motifs is 2. The fourth-order valence-corrected chi connectivity index (χ4v) is 8.42. The van der Waals surface area contributed by atoms with E-state index in [1.54, 1.807) is 13.0 Å². The van der Waals surface area contributed by atoms with Gasteiger partial charge in [0.05, 0.1) is 20.0 Å². The Labute approximate surface area is 276 Å². The van der Waals surface area contributed by atoms with E-state index >= 15 is 0 Å². The Morgan fingerprint density at radius 2 is 1.96 bits per heavy atom. The molecule has 47 heavy (non-hydrogen) atoms. The van der Waals surface area contributed by atoms with Crippen molar-refractivity contribution in [2.45, 2.75) is 82.1 Å². The number of nitrogens with two attached hydrogens (primary N) is 1. The summed E-state index contributed by atoms with van der Waals surface area (Å²) in [7, 11) is 1.43. The molecule has 1 aliphatic heterocycles. The van der Waals surface area contributed by atoms with Gasteiger partial charge in [0.1, 0.15) is 35.7 Å². The zero-order valence-electron chi connectivity index (χ0n) is 26.3. The molecule has 3 heterocycles. The Hall–Kier alpha value is -3.43. The highest BCUT2D eigenvalue weighted by atomic mass is 32.5. The molecule has 252 valence electrons. The normalized spacial score (nSPS) is 25.4. The van der Waals surface area contributed by atoms with Gasteiger partial charge in [-0.05, 0) is 62.8 Å². The Kier molecular flexibility index (Phi) is 9.68. The first kappa shape index (κ1) is 33.5. The number of aromatic nitrogens is 4. The van der Waals surface area contributed by atoms with Crippen molar-refractivity contribution in [3.05, 3.63) is 48.8 Å². The van der Waals surface area contributed by atoms with E-state index in [1.807, 2.05) is 36.4 Å². The molecule has 6 atom stereocenters. The fraction of sp³-hybridized carbons (Fsp3) is 0.484. The maximum absolute atomic E-state index is 13.1. The van der Waals surface area contributed by atoms with Gasteiger partial charge in [-0.2, -0.15) is 9.97 Å². The van der Waals surface area contributed by atoms with Gasteiger partial charge in [0, 0.05) is 5.39 Å². The summed E-state index contributed by atoms with van der Waals surface area (Å²) < 4.78 is 31.3. The Bertz CT molecular complexity index is 1800. The molecule has 1 aliphatic carbocycles. The molecule has 14 nitrogen and oxygen atoms in total. The average molecular weight is 687 g/mol. The number of nitrogen functional groups attached to an aromatic ring is 1. The van der Waals surface area contributed by atoms with E-state index in [0.717, 1.165) is 42.9 Å². The van der Waals surface area contributed by atoms with E-state index in [0.29, 0.717) is 11.3 Å². The number of esters is 1. The Morgan fingerprint density at radius 1 is 1.21 bits per heavy atom. The second-order valence-electron chi connectivity index (χ2n) is 12.0. The maximum atomic E-state index is 13.1. The van der Waals surface area contributed by atoms with Crippen molar-refractivity contribution in [1.29, 1.82) is 0 Å². The molecule has 2 aromatic carbocycles. The molecule has 6 rings (SSSR count). The summed E-state index contributed by atoms with van der Waals surface area (Å²) in [6.07, 6.45) is 2.42. The molecular weight excluding hydrogens is 647 g/mol. The van der Waals surface area contributed by atoms with Crippen LogP contribution in [0.5, 0.6) is 11.6 Å². The van der Waals surface area contributed by atoms with Crippen molar-refractivity contribution < 1.29 is 38.3 Å². The second kappa shape index (κ2) is 13.6. The minimum Gasteiger partial charge on any atom is -0.479 e. The molecule has 0 spiro atoms. The fourth-order valence-electron chi connectivity index (χ4n) is 6.00. The molecular formula is C31H39N6O8PS. The number of hydrogen-bond donors (Lipinski definition) is 4. The number of ether oxygens (including phenoxy) is 3. The summed E-state index contributed by atoms with van der Waals surface area (Å²) in [5.41, 5.74) is 4.60. The number of nitrogens with zero attached hydrogens (tertiary/aromatic N) is 4. The summed E-state index contributed by atoms with van der Waals surface area (Å²) in [4.78, 5) is 25.7. The van der Waals surface area contributed by atoms with Crippen molar-refractivity contribution >= 4 is 52.3 Å². The summed E-state index contributed by atoms with van der Waals surface area (Å²) in [5.74, 6) is 0.0844. The number of anilines is 1. The smallest absolute Gasteiger partial charge is 0.323 e. The number of aliphatic hydroxyl groups is 2. The molecule has 2 aromatic heterocycles. The highest BCUT2D eigenvalue weighted by molar-refractivity contribution is 8.09. The molecule has 4 aromatic rings. The van der Waals surface area contributed by atoms with Crippen LogP contribution < -0.4 is 20.1 Å². The quantitative estimate of drug-likeness (QED) is 0.132. The van der Waals surface area contributed by atoms with Gasteiger partial charge in [0.2, 0.25) is 11.8 Å². The largest absolute Gasteiger partial charge is 0.479 e. The van der Waals surface area contributed by atoms with Gasteiger partial charge in [0.15, 0.2) is 17.4 Å². The molecule has 16 heteroatoms. The first-order valence-electron chi connectivity index (χ1n) is 15.5. The van der Waals surface area contributed by atoms with Gasteiger partial charge < -0.3 is 39.2 Å². The van der Waals surface area contributed by atoms with E-state index in [2.05, 4.69) is 20.0 Å². The summed E-state index contributed by atoms with van der Waals surface area (Å²) in [6.45, 7) is -0.741. The van der Waals surface area contributed by atoms with Gasteiger partial charge in [-0.1, -0.05) is 42.8 Å². The Balaban J connectivity index is 1.24. The predicted molar refractivity (Wildman–Crippen MR) is 177 cm³/mol. The molecule has 0 bridgehead atoms. The van der Waals surface area contributed by atoms with Crippen LogP contribution in [0, 0.1) is 0 Å². The average Bonchev–Trinajstić information content (AvgIpc) is 3.57. The lowest BCUT2D eigenvalue weighted by Crippen LogP contribution is -2.44. The van der Waals surface area contributed by atoms with Crippen LogP contribution in [0.15, 0.2) is 48.8 Å². The number of rotatable bonds is 11. The highest BCUT2D eigenvalue weighted by Gasteiger charge is 2.54. The van der Waals surface area contributed by atoms with Crippen molar-refractivity contribution in [3.8, 4) is 11.6 Å². The molecule has 5 N–H and O–H groups in total. The lowest BCUT2D eigenvalue weighted by atomic mass is 9.96. The number of benzene rings is 2. The van der Waals surface area contributed by atoms with Crippen molar-refractivity contribution in [1.82, 2.24) is 24.6 Å². The molecule has 1 saturated heterocycles. The molecule has 2 unspecified atom stereocenters. The topological polar surface area (TPSA) is 185 Å². The third kappa shape index (κ3) is 6.93. The molecule has 0 radical (unpaired) electrons. The summed E-state index contributed by atoms with van der Waals surface area (Å²) in [5, 5.41) is 27.5. The number of carbonyl (C=O) groups is 1. The standard InChI is InChI=1S/C31H39N6O8PS/c1-18(28(39)43-20-12-5-4-6-13-20)36-46(47,45-22-15-9-11-19-10-7-8-14-21(19)22)42-16-23-25(38)31(2,40)29(44-23)37-17-33-24-26(37)34-30(32)35-27(24)41-3/h7-11,14-15,17-18,20,23,25,29,38,40H,4-6,12-13,16H2,1-3H3,(H,36,47)(H2,32,34,35)/t18?,23-,25-,29-,31-,46?/m1/s1. The van der Waals surface area contributed by atoms with E-state index in [-0.39, 0.29) is 30.2 Å². The molecule has 2 fully saturated rings. The maximum Gasteiger partial charge on any atom is 0.323 e. The van der Waals surface area contributed by atoms with Crippen LogP contribution in [0.1, 0.15) is 52.2 Å².